The van der Waals surface area contributed by atoms with Gasteiger partial charge in [-0.1, -0.05) is 84.9 Å². The topological polar surface area (TPSA) is 75.3 Å². The largest absolute Gasteiger partial charge is 0.352 e. The van der Waals surface area contributed by atoms with Crippen molar-refractivity contribution in [1.29, 1.82) is 0 Å². The van der Waals surface area contributed by atoms with E-state index in [1.165, 1.54) is 0 Å². The van der Waals surface area contributed by atoms with Crippen molar-refractivity contribution >= 4 is 26.7 Å². The standard InChI is InChI=1S/C27H26N2O3S/c30-27(28-20-24-11-6-10-23-9-4-5-12-26(23)24)18-15-21-13-16-25(17-14-21)33(31,32)29-19-22-7-2-1-3-8-22/h1-14,16-17,29H,15,18-20H2,(H,28,30). The van der Waals surface area contributed by atoms with Crippen LogP contribution in [0.4, 0.5) is 0 Å². The molecule has 0 aliphatic carbocycles. The van der Waals surface area contributed by atoms with Crippen LogP contribution < -0.4 is 10.0 Å². The van der Waals surface area contributed by atoms with Crippen molar-refractivity contribution < 1.29 is 13.2 Å². The second-order valence-corrected chi connectivity index (χ2v) is 9.64. The molecule has 0 atom stereocenters. The minimum atomic E-state index is -3.59. The van der Waals surface area contributed by atoms with Crippen LogP contribution >= 0.6 is 0 Å². The lowest BCUT2D eigenvalue weighted by atomic mass is 10.0. The summed E-state index contributed by atoms with van der Waals surface area (Å²) < 4.78 is 27.7. The summed E-state index contributed by atoms with van der Waals surface area (Å²) >= 11 is 0. The van der Waals surface area contributed by atoms with Gasteiger partial charge in [-0.25, -0.2) is 13.1 Å². The smallest absolute Gasteiger partial charge is 0.240 e. The summed E-state index contributed by atoms with van der Waals surface area (Å²) in [5.74, 6) is -0.0378. The molecule has 0 radical (unpaired) electrons. The average Bonchev–Trinajstić information content (AvgIpc) is 2.86. The minimum absolute atomic E-state index is 0.0378. The summed E-state index contributed by atoms with van der Waals surface area (Å²) in [7, 11) is -3.59. The normalized spacial score (nSPS) is 11.4. The molecule has 4 rings (SSSR count). The Morgan fingerprint density at radius 3 is 2.18 bits per heavy atom. The molecule has 0 fully saturated rings. The molecule has 0 aromatic heterocycles. The second kappa shape index (κ2) is 10.4. The van der Waals surface area contributed by atoms with Gasteiger partial charge in [-0.2, -0.15) is 0 Å². The predicted octanol–water partition coefficient (Wildman–Crippen LogP) is 4.57. The molecule has 4 aromatic rings. The fourth-order valence-corrected chi connectivity index (χ4v) is 4.70. The molecular formula is C27H26N2O3S. The molecule has 6 heteroatoms. The summed E-state index contributed by atoms with van der Waals surface area (Å²) in [5.41, 5.74) is 2.89. The molecule has 0 saturated heterocycles. The van der Waals surface area contributed by atoms with Gasteiger partial charge in [0.25, 0.3) is 0 Å². The van der Waals surface area contributed by atoms with Gasteiger partial charge in [-0.05, 0) is 46.0 Å². The summed E-state index contributed by atoms with van der Waals surface area (Å²) in [4.78, 5) is 12.6. The molecule has 0 spiro atoms. The Morgan fingerprint density at radius 1 is 0.697 bits per heavy atom. The van der Waals surface area contributed by atoms with Crippen LogP contribution in [0.3, 0.4) is 0 Å². The van der Waals surface area contributed by atoms with Gasteiger partial charge >= 0.3 is 0 Å². The molecule has 2 N–H and O–H groups in total. The number of nitrogens with one attached hydrogen (secondary N) is 2. The first-order valence-corrected chi connectivity index (χ1v) is 12.4. The number of sulfonamides is 1. The van der Waals surface area contributed by atoms with Crippen molar-refractivity contribution in [3.8, 4) is 0 Å². The lowest BCUT2D eigenvalue weighted by molar-refractivity contribution is -0.121. The monoisotopic (exact) mass is 458 g/mol. The first-order chi connectivity index (χ1) is 16.0. The zero-order chi connectivity index (χ0) is 23.1. The highest BCUT2D eigenvalue weighted by atomic mass is 32.2. The summed E-state index contributed by atoms with van der Waals surface area (Å²) in [5, 5.41) is 5.27. The van der Waals surface area contributed by atoms with Crippen molar-refractivity contribution in [3.05, 3.63) is 114 Å². The van der Waals surface area contributed by atoms with Crippen molar-refractivity contribution in [2.75, 3.05) is 0 Å². The highest BCUT2D eigenvalue weighted by Crippen LogP contribution is 2.18. The maximum atomic E-state index is 12.5. The van der Waals surface area contributed by atoms with Gasteiger partial charge in [0, 0.05) is 19.5 Å². The maximum absolute atomic E-state index is 12.5. The molecule has 4 aromatic carbocycles. The van der Waals surface area contributed by atoms with Crippen LogP contribution in [0.2, 0.25) is 0 Å². The molecule has 33 heavy (non-hydrogen) atoms. The Balaban J connectivity index is 1.28. The van der Waals surface area contributed by atoms with Gasteiger partial charge in [0.2, 0.25) is 15.9 Å². The predicted molar refractivity (Wildman–Crippen MR) is 131 cm³/mol. The van der Waals surface area contributed by atoms with E-state index in [0.29, 0.717) is 19.4 Å². The highest BCUT2D eigenvalue weighted by molar-refractivity contribution is 7.89. The van der Waals surface area contributed by atoms with Gasteiger partial charge in [-0.15, -0.1) is 0 Å². The van der Waals surface area contributed by atoms with Crippen LogP contribution in [0.15, 0.2) is 102 Å². The van der Waals surface area contributed by atoms with Gasteiger partial charge in [0.15, 0.2) is 0 Å². The van der Waals surface area contributed by atoms with E-state index < -0.39 is 10.0 Å². The molecule has 0 bridgehead atoms. The van der Waals surface area contributed by atoms with Crippen molar-refractivity contribution in [1.82, 2.24) is 10.0 Å². The van der Waals surface area contributed by atoms with Crippen molar-refractivity contribution in [3.63, 3.8) is 0 Å². The molecule has 5 nitrogen and oxygen atoms in total. The highest BCUT2D eigenvalue weighted by Gasteiger charge is 2.13. The van der Waals surface area contributed by atoms with Crippen LogP contribution in [0.1, 0.15) is 23.1 Å². The lowest BCUT2D eigenvalue weighted by Crippen LogP contribution is -2.23. The molecule has 0 heterocycles. The Hall–Kier alpha value is -3.48. The van der Waals surface area contributed by atoms with Crippen LogP contribution in [0, 0.1) is 0 Å². The first kappa shape index (κ1) is 22.7. The van der Waals surface area contributed by atoms with Crippen LogP contribution in [-0.4, -0.2) is 14.3 Å². The van der Waals surface area contributed by atoms with E-state index in [-0.39, 0.29) is 17.3 Å². The van der Waals surface area contributed by atoms with E-state index in [4.69, 9.17) is 0 Å². The van der Waals surface area contributed by atoms with Gasteiger partial charge < -0.3 is 5.32 Å². The van der Waals surface area contributed by atoms with E-state index in [1.807, 2.05) is 54.6 Å². The third kappa shape index (κ3) is 6.06. The van der Waals surface area contributed by atoms with E-state index in [9.17, 15) is 13.2 Å². The molecule has 0 unspecified atom stereocenters. The Kier molecular flexibility index (Phi) is 7.17. The summed E-state index contributed by atoms with van der Waals surface area (Å²) in [6.07, 6.45) is 0.877. The minimum Gasteiger partial charge on any atom is -0.352 e. The Morgan fingerprint density at radius 2 is 1.39 bits per heavy atom. The van der Waals surface area contributed by atoms with Crippen LogP contribution in [0.5, 0.6) is 0 Å². The number of rotatable bonds is 9. The molecular weight excluding hydrogens is 432 g/mol. The summed E-state index contributed by atoms with van der Waals surface area (Å²) in [6, 6.07) is 30.2. The quantitative estimate of drug-likeness (QED) is 0.386. The molecule has 0 aliphatic rings. The lowest BCUT2D eigenvalue weighted by Gasteiger charge is -2.09. The van der Waals surface area contributed by atoms with Gasteiger partial charge in [-0.3, -0.25) is 4.79 Å². The number of benzene rings is 4. The Labute approximate surface area is 194 Å². The number of fused-ring (bicyclic) bond motifs is 1. The second-order valence-electron chi connectivity index (χ2n) is 7.87. The number of hydrogen-bond acceptors (Lipinski definition) is 3. The van der Waals surface area contributed by atoms with Gasteiger partial charge in [0.05, 0.1) is 4.90 Å². The fourth-order valence-electron chi connectivity index (χ4n) is 3.68. The third-order valence-electron chi connectivity index (χ3n) is 5.54. The average molecular weight is 459 g/mol. The van der Waals surface area contributed by atoms with Crippen LogP contribution in [-0.2, 0) is 34.3 Å². The molecule has 1 amide bonds. The first-order valence-electron chi connectivity index (χ1n) is 10.9. The van der Waals surface area contributed by atoms with E-state index in [2.05, 4.69) is 28.2 Å². The maximum Gasteiger partial charge on any atom is 0.240 e. The van der Waals surface area contributed by atoms with Crippen molar-refractivity contribution in [2.45, 2.75) is 30.8 Å². The summed E-state index contributed by atoms with van der Waals surface area (Å²) in [6.45, 7) is 0.715. The number of carbonyl (C=O) groups excluding carboxylic acids is 1. The fraction of sp³-hybridized carbons (Fsp3) is 0.148. The van der Waals surface area contributed by atoms with Crippen LogP contribution in [0.25, 0.3) is 10.8 Å². The van der Waals surface area contributed by atoms with E-state index in [1.54, 1.807) is 24.3 Å². The van der Waals surface area contributed by atoms with E-state index >= 15 is 0 Å². The number of amides is 1. The zero-order valence-corrected chi connectivity index (χ0v) is 19.0. The SMILES string of the molecule is O=C(CCc1ccc(S(=O)(=O)NCc2ccccc2)cc1)NCc1cccc2ccccc12. The molecule has 0 aliphatic heterocycles. The molecule has 168 valence electrons. The number of hydrogen-bond donors (Lipinski definition) is 2. The van der Waals surface area contributed by atoms with E-state index in [0.717, 1.165) is 27.5 Å². The third-order valence-corrected chi connectivity index (χ3v) is 6.96. The Bertz CT molecular complexity index is 1330. The number of carbonyl (C=O) groups is 1. The molecule has 0 saturated carbocycles. The zero-order valence-electron chi connectivity index (χ0n) is 18.2. The van der Waals surface area contributed by atoms with Gasteiger partial charge in [0.1, 0.15) is 0 Å². The number of aryl methyl sites for hydroxylation is 1. The van der Waals surface area contributed by atoms with Crippen molar-refractivity contribution in [2.24, 2.45) is 0 Å².